The van der Waals surface area contributed by atoms with Gasteiger partial charge in [-0.25, -0.2) is 10.2 Å². The van der Waals surface area contributed by atoms with Gasteiger partial charge in [-0.2, -0.15) is 5.10 Å². The Labute approximate surface area is 254 Å². The Morgan fingerprint density at radius 2 is 1.67 bits per heavy atom. The number of methoxy groups -OCH3 is 2. The van der Waals surface area contributed by atoms with Gasteiger partial charge >= 0.3 is 5.97 Å². The molecule has 2 N–H and O–H groups in total. The van der Waals surface area contributed by atoms with Gasteiger partial charge in [0.25, 0.3) is 5.91 Å². The lowest BCUT2D eigenvalue weighted by molar-refractivity contribution is 0.0729. The van der Waals surface area contributed by atoms with Gasteiger partial charge in [-0.15, -0.1) is 0 Å². The van der Waals surface area contributed by atoms with E-state index in [-0.39, 0.29) is 12.5 Å². The van der Waals surface area contributed by atoms with Gasteiger partial charge in [0.05, 0.1) is 31.5 Å². The minimum absolute atomic E-state index is 0.105. The van der Waals surface area contributed by atoms with Crippen LogP contribution in [-0.4, -0.2) is 44.1 Å². The van der Waals surface area contributed by atoms with Gasteiger partial charge in [-0.1, -0.05) is 46.3 Å². The van der Waals surface area contributed by atoms with Crippen molar-refractivity contribution in [2.24, 2.45) is 5.10 Å². The second-order valence-electron chi connectivity index (χ2n) is 9.31. The van der Waals surface area contributed by atoms with E-state index in [1.165, 1.54) is 13.3 Å². The largest absolute Gasteiger partial charge is 0.495 e. The van der Waals surface area contributed by atoms with Crippen molar-refractivity contribution < 1.29 is 33.3 Å². The van der Waals surface area contributed by atoms with Crippen molar-refractivity contribution in [3.63, 3.8) is 0 Å². The number of hydrogen-bond donors (Lipinski definition) is 2. The van der Waals surface area contributed by atoms with E-state index < -0.39 is 11.9 Å². The molecule has 1 aliphatic rings. The maximum atomic E-state index is 13.4. The third kappa shape index (κ3) is 5.50. The normalized spacial score (nSPS) is 12.0. The Balaban J connectivity index is 1.22. The number of benzene rings is 4. The molecule has 2 heterocycles. The summed E-state index contributed by atoms with van der Waals surface area (Å²) >= 11 is 3.62. The first kappa shape index (κ1) is 27.9. The van der Waals surface area contributed by atoms with E-state index in [4.69, 9.17) is 23.7 Å². The molecule has 0 radical (unpaired) electrons. The second kappa shape index (κ2) is 11.9. The van der Waals surface area contributed by atoms with Crippen molar-refractivity contribution in [1.82, 2.24) is 10.4 Å². The van der Waals surface area contributed by atoms with Crippen LogP contribution in [0.3, 0.4) is 0 Å². The first-order valence-electron chi connectivity index (χ1n) is 13.0. The molecule has 0 spiro atoms. The van der Waals surface area contributed by atoms with Crippen molar-refractivity contribution >= 4 is 44.9 Å². The fourth-order valence-electron chi connectivity index (χ4n) is 4.73. The quantitative estimate of drug-likeness (QED) is 0.0879. The molecule has 0 saturated heterocycles. The molecular formula is C32H24BrN3O7. The Kier molecular flexibility index (Phi) is 7.71. The number of hydrazone groups is 1. The van der Waals surface area contributed by atoms with E-state index >= 15 is 0 Å². The summed E-state index contributed by atoms with van der Waals surface area (Å²) < 4.78 is 28.0. The number of aromatic nitrogens is 1. The highest BCUT2D eigenvalue weighted by Gasteiger charge is 2.23. The average molecular weight is 642 g/mol. The van der Waals surface area contributed by atoms with Gasteiger partial charge < -0.3 is 28.7 Å². The van der Waals surface area contributed by atoms with Crippen LogP contribution >= 0.6 is 15.9 Å². The lowest BCUT2D eigenvalue weighted by Gasteiger charge is -2.10. The van der Waals surface area contributed by atoms with E-state index in [2.05, 4.69) is 31.4 Å². The maximum absolute atomic E-state index is 13.4. The summed E-state index contributed by atoms with van der Waals surface area (Å²) in [7, 11) is 3.04. The summed E-state index contributed by atoms with van der Waals surface area (Å²) in [6.07, 6.45) is 1.46. The molecule has 10 nitrogen and oxygen atoms in total. The maximum Gasteiger partial charge on any atom is 0.343 e. The van der Waals surface area contributed by atoms with Gasteiger partial charge in [-0.05, 0) is 59.7 Å². The fourth-order valence-corrected chi connectivity index (χ4v) is 5.25. The van der Waals surface area contributed by atoms with E-state index in [0.29, 0.717) is 50.9 Å². The number of rotatable bonds is 8. The van der Waals surface area contributed by atoms with E-state index in [9.17, 15) is 9.59 Å². The molecule has 0 bridgehead atoms. The van der Waals surface area contributed by atoms with Gasteiger partial charge in [0.2, 0.25) is 6.79 Å². The lowest BCUT2D eigenvalue weighted by Crippen LogP contribution is -2.18. The van der Waals surface area contributed by atoms with Crippen LogP contribution in [0.2, 0.25) is 0 Å². The molecule has 11 heteroatoms. The van der Waals surface area contributed by atoms with E-state index in [1.54, 1.807) is 43.5 Å². The molecular weight excluding hydrogens is 618 g/mol. The van der Waals surface area contributed by atoms with E-state index in [0.717, 1.165) is 15.4 Å². The number of esters is 1. The molecule has 0 aliphatic carbocycles. The fraction of sp³-hybridized carbons (Fsp3) is 0.0938. The summed E-state index contributed by atoms with van der Waals surface area (Å²) in [5, 5.41) is 4.97. The second-order valence-corrected chi connectivity index (χ2v) is 10.2. The van der Waals surface area contributed by atoms with Crippen LogP contribution in [0.15, 0.2) is 88.4 Å². The van der Waals surface area contributed by atoms with Crippen molar-refractivity contribution in [1.29, 1.82) is 0 Å². The molecule has 0 atom stereocenters. The summed E-state index contributed by atoms with van der Waals surface area (Å²) in [5.74, 6) is 1.15. The monoisotopic (exact) mass is 641 g/mol. The third-order valence-corrected chi connectivity index (χ3v) is 7.41. The number of carbonyl (C=O) groups is 2. The number of halogens is 1. The number of fused-ring (bicyclic) bond motifs is 2. The molecule has 1 aromatic heterocycles. The molecule has 1 aliphatic heterocycles. The predicted octanol–water partition coefficient (Wildman–Crippen LogP) is 6.33. The molecule has 43 heavy (non-hydrogen) atoms. The van der Waals surface area contributed by atoms with Crippen LogP contribution in [0.5, 0.6) is 28.7 Å². The van der Waals surface area contributed by atoms with Gasteiger partial charge in [0.1, 0.15) is 11.4 Å². The standard InChI is InChI=1S/C32H24BrN3O7/c1-39-24-13-10-21(33)28-27(19-6-4-3-5-7-19)30(35-29(24)28)31(37)36-34-16-18-8-11-23(25(14-18)40-2)43-32(38)20-9-12-22-26(15-20)42-17-41-22/h3-16,35H,17H2,1-2H3,(H,36,37). The average Bonchev–Trinajstić information content (AvgIpc) is 3.68. The van der Waals surface area contributed by atoms with Gasteiger partial charge in [0, 0.05) is 15.4 Å². The molecule has 0 saturated carbocycles. The summed E-state index contributed by atoms with van der Waals surface area (Å²) in [4.78, 5) is 29.4. The van der Waals surface area contributed by atoms with Crippen molar-refractivity contribution in [2.45, 2.75) is 0 Å². The van der Waals surface area contributed by atoms with Crippen LogP contribution < -0.4 is 29.1 Å². The Bertz CT molecular complexity index is 1890. The molecule has 0 fully saturated rings. The lowest BCUT2D eigenvalue weighted by atomic mass is 10.0. The zero-order valence-corrected chi connectivity index (χ0v) is 24.6. The SMILES string of the molecule is COc1cc(C=NNC(=O)c2[nH]c3c(OC)ccc(Br)c3c2-c2ccccc2)ccc1OC(=O)c1ccc2c(c1)OCO2. The first-order valence-corrected chi connectivity index (χ1v) is 13.8. The number of nitrogens with zero attached hydrogens (tertiary/aromatic N) is 1. The smallest absolute Gasteiger partial charge is 0.343 e. The number of nitrogens with one attached hydrogen (secondary N) is 2. The Hall–Kier alpha value is -5.29. The van der Waals surface area contributed by atoms with Crippen LogP contribution in [0.1, 0.15) is 26.4 Å². The first-order chi connectivity index (χ1) is 21.0. The van der Waals surface area contributed by atoms with Crippen LogP contribution in [0.4, 0.5) is 0 Å². The van der Waals surface area contributed by atoms with Crippen molar-refractivity contribution in [3.8, 4) is 39.9 Å². The highest BCUT2D eigenvalue weighted by molar-refractivity contribution is 9.10. The number of hydrogen-bond acceptors (Lipinski definition) is 8. The molecule has 1 amide bonds. The van der Waals surface area contributed by atoms with Crippen molar-refractivity contribution in [2.75, 3.05) is 21.0 Å². The highest BCUT2D eigenvalue weighted by atomic mass is 79.9. The van der Waals surface area contributed by atoms with Crippen LogP contribution in [0.25, 0.3) is 22.0 Å². The highest BCUT2D eigenvalue weighted by Crippen LogP contribution is 2.41. The zero-order chi connectivity index (χ0) is 29.9. The zero-order valence-electron chi connectivity index (χ0n) is 23.0. The van der Waals surface area contributed by atoms with Gasteiger partial charge in [-0.3, -0.25) is 4.79 Å². The topological polar surface area (TPSA) is 120 Å². The number of aromatic amines is 1. The van der Waals surface area contributed by atoms with Crippen LogP contribution in [0, 0.1) is 0 Å². The molecule has 216 valence electrons. The number of amides is 1. The van der Waals surface area contributed by atoms with Crippen molar-refractivity contribution in [3.05, 3.63) is 100 Å². The predicted molar refractivity (Wildman–Crippen MR) is 164 cm³/mol. The molecule has 4 aromatic carbocycles. The molecule has 5 aromatic rings. The van der Waals surface area contributed by atoms with E-state index in [1.807, 2.05) is 42.5 Å². The molecule has 0 unspecified atom stereocenters. The minimum Gasteiger partial charge on any atom is -0.495 e. The summed E-state index contributed by atoms with van der Waals surface area (Å²) in [5.41, 5.74) is 6.07. The third-order valence-electron chi connectivity index (χ3n) is 6.75. The number of ether oxygens (including phenoxy) is 5. The molecule has 6 rings (SSSR count). The Morgan fingerprint density at radius 1 is 0.907 bits per heavy atom. The minimum atomic E-state index is -0.582. The summed E-state index contributed by atoms with van der Waals surface area (Å²) in [6, 6.07) is 23.0. The number of carbonyl (C=O) groups excluding carboxylic acids is 2. The van der Waals surface area contributed by atoms with Gasteiger partial charge in [0.15, 0.2) is 23.0 Å². The van der Waals surface area contributed by atoms with Crippen LogP contribution in [-0.2, 0) is 0 Å². The number of H-pyrrole nitrogens is 1. The summed E-state index contributed by atoms with van der Waals surface area (Å²) in [6.45, 7) is 0.105. The Morgan fingerprint density at radius 3 is 2.47 bits per heavy atom.